The Morgan fingerprint density at radius 2 is 2.05 bits per heavy atom. The lowest BCUT2D eigenvalue weighted by Crippen LogP contribution is -2.35. The van der Waals surface area contributed by atoms with Gasteiger partial charge in [-0.05, 0) is 18.6 Å². The van der Waals surface area contributed by atoms with Crippen LogP contribution in [0.2, 0.25) is 5.02 Å². The summed E-state index contributed by atoms with van der Waals surface area (Å²) < 4.78 is 4.86. The normalized spacial score (nSPS) is 19.3. The number of allylic oxidation sites excluding steroid dienone is 1. The fourth-order valence-corrected chi connectivity index (χ4v) is 2.72. The van der Waals surface area contributed by atoms with Crippen LogP contribution in [0.15, 0.2) is 35.5 Å². The number of amides is 1. The summed E-state index contributed by atoms with van der Waals surface area (Å²) in [6.07, 6.45) is 0.210. The first-order valence-corrected chi connectivity index (χ1v) is 6.65. The number of carbonyl (C=O) groups excluding carboxylic acids is 2. The molecule has 1 aromatic rings. The maximum absolute atomic E-state index is 12.1. The van der Waals surface area contributed by atoms with E-state index >= 15 is 0 Å². The van der Waals surface area contributed by atoms with Gasteiger partial charge in [0, 0.05) is 30.1 Å². The summed E-state index contributed by atoms with van der Waals surface area (Å²) in [5.74, 6) is -0.827. The highest BCUT2D eigenvalue weighted by Gasteiger charge is 2.35. The molecule has 4 nitrogen and oxygen atoms in total. The number of halogens is 1. The van der Waals surface area contributed by atoms with Gasteiger partial charge >= 0.3 is 5.97 Å². The van der Waals surface area contributed by atoms with E-state index in [0.29, 0.717) is 16.3 Å². The third kappa shape index (κ3) is 2.43. The van der Waals surface area contributed by atoms with Gasteiger partial charge in [0.25, 0.3) is 0 Å². The van der Waals surface area contributed by atoms with Crippen molar-refractivity contribution in [3.63, 3.8) is 0 Å². The molecule has 5 heteroatoms. The molecule has 1 atom stereocenters. The van der Waals surface area contributed by atoms with Crippen molar-refractivity contribution in [1.29, 1.82) is 0 Å². The fourth-order valence-electron chi connectivity index (χ4n) is 2.46. The molecule has 0 spiro atoms. The molecular formula is C15H16ClNO3. The number of benzene rings is 1. The van der Waals surface area contributed by atoms with Gasteiger partial charge in [-0.2, -0.15) is 0 Å². The van der Waals surface area contributed by atoms with Crippen LogP contribution in [0.1, 0.15) is 24.8 Å². The molecule has 1 amide bonds. The van der Waals surface area contributed by atoms with Crippen LogP contribution < -0.4 is 0 Å². The van der Waals surface area contributed by atoms with Crippen LogP contribution in [-0.4, -0.2) is 30.9 Å². The first kappa shape index (κ1) is 14.6. The Balaban J connectivity index is 2.58. The molecule has 1 aliphatic rings. The van der Waals surface area contributed by atoms with Crippen molar-refractivity contribution < 1.29 is 14.3 Å². The van der Waals surface area contributed by atoms with E-state index in [0.717, 1.165) is 5.56 Å². The molecule has 0 radical (unpaired) electrons. The SMILES string of the molecule is COC(=O)C1=C(C)N(C)C(=O)CC1c1ccccc1Cl. The van der Waals surface area contributed by atoms with Crippen LogP contribution in [0, 0.1) is 0 Å². The second-order valence-electron chi connectivity index (χ2n) is 4.72. The monoisotopic (exact) mass is 293 g/mol. The third-order valence-electron chi connectivity index (χ3n) is 3.68. The summed E-state index contributed by atoms with van der Waals surface area (Å²) in [4.78, 5) is 25.6. The first-order valence-electron chi connectivity index (χ1n) is 6.27. The van der Waals surface area contributed by atoms with Gasteiger partial charge < -0.3 is 9.64 Å². The van der Waals surface area contributed by atoms with Crippen molar-refractivity contribution in [2.24, 2.45) is 0 Å². The summed E-state index contributed by atoms with van der Waals surface area (Å²) in [6.45, 7) is 1.74. The molecular weight excluding hydrogens is 278 g/mol. The molecule has 0 saturated heterocycles. The molecule has 1 unspecified atom stereocenters. The zero-order valence-electron chi connectivity index (χ0n) is 11.6. The van der Waals surface area contributed by atoms with Crippen molar-refractivity contribution >= 4 is 23.5 Å². The van der Waals surface area contributed by atoms with Gasteiger partial charge in [0.15, 0.2) is 0 Å². The standard InChI is InChI=1S/C15H16ClNO3/c1-9-14(15(19)20-3)11(8-13(18)17(9)2)10-6-4-5-7-12(10)16/h4-7,11H,8H2,1-3H3. The van der Waals surface area contributed by atoms with Gasteiger partial charge in [-0.1, -0.05) is 29.8 Å². The van der Waals surface area contributed by atoms with E-state index in [1.807, 2.05) is 18.2 Å². The molecule has 0 saturated carbocycles. The minimum atomic E-state index is -0.424. The van der Waals surface area contributed by atoms with E-state index in [2.05, 4.69) is 0 Å². The van der Waals surface area contributed by atoms with E-state index in [1.54, 1.807) is 20.0 Å². The number of methoxy groups -OCH3 is 1. The summed E-state index contributed by atoms with van der Waals surface area (Å²) in [5, 5.41) is 0.545. The second-order valence-corrected chi connectivity index (χ2v) is 5.13. The average molecular weight is 294 g/mol. The number of rotatable bonds is 2. The van der Waals surface area contributed by atoms with Crippen LogP contribution in [0.25, 0.3) is 0 Å². The molecule has 0 bridgehead atoms. The molecule has 0 aliphatic carbocycles. The molecule has 1 aromatic carbocycles. The maximum Gasteiger partial charge on any atom is 0.336 e. The van der Waals surface area contributed by atoms with Crippen LogP contribution in [0.4, 0.5) is 0 Å². The summed E-state index contributed by atoms with van der Waals surface area (Å²) in [7, 11) is 2.99. The van der Waals surface area contributed by atoms with E-state index in [-0.39, 0.29) is 18.2 Å². The molecule has 0 aromatic heterocycles. The summed E-state index contributed by atoms with van der Waals surface area (Å²) >= 11 is 6.20. The van der Waals surface area contributed by atoms with Crippen LogP contribution >= 0.6 is 11.6 Å². The van der Waals surface area contributed by atoms with Gasteiger partial charge in [0.2, 0.25) is 5.91 Å². The number of esters is 1. The topological polar surface area (TPSA) is 46.6 Å². The van der Waals surface area contributed by atoms with Crippen molar-refractivity contribution in [2.75, 3.05) is 14.2 Å². The summed E-state index contributed by atoms with van der Waals surface area (Å²) in [6, 6.07) is 7.25. The van der Waals surface area contributed by atoms with Gasteiger partial charge in [0.05, 0.1) is 12.7 Å². The lowest BCUT2D eigenvalue weighted by Gasteiger charge is -2.32. The van der Waals surface area contributed by atoms with Gasteiger partial charge in [-0.25, -0.2) is 4.79 Å². The van der Waals surface area contributed by atoms with Crippen molar-refractivity contribution in [2.45, 2.75) is 19.3 Å². The maximum atomic E-state index is 12.1. The Labute approximate surface area is 123 Å². The molecule has 1 aliphatic heterocycles. The fraction of sp³-hybridized carbons (Fsp3) is 0.333. The van der Waals surface area contributed by atoms with Gasteiger partial charge in [-0.3, -0.25) is 4.79 Å². The van der Waals surface area contributed by atoms with Crippen LogP contribution in [0.3, 0.4) is 0 Å². The van der Waals surface area contributed by atoms with E-state index in [4.69, 9.17) is 16.3 Å². The van der Waals surface area contributed by atoms with Crippen molar-refractivity contribution in [3.8, 4) is 0 Å². The highest BCUT2D eigenvalue weighted by molar-refractivity contribution is 6.31. The molecule has 0 fully saturated rings. The van der Waals surface area contributed by atoms with Crippen molar-refractivity contribution in [3.05, 3.63) is 46.1 Å². The Morgan fingerprint density at radius 1 is 1.40 bits per heavy atom. The predicted molar refractivity (Wildman–Crippen MR) is 76.3 cm³/mol. The van der Waals surface area contributed by atoms with E-state index < -0.39 is 5.97 Å². The Hall–Kier alpha value is -1.81. The molecule has 20 heavy (non-hydrogen) atoms. The van der Waals surface area contributed by atoms with E-state index in [1.165, 1.54) is 12.0 Å². The highest BCUT2D eigenvalue weighted by atomic mass is 35.5. The highest BCUT2D eigenvalue weighted by Crippen LogP contribution is 2.39. The number of hydrogen-bond donors (Lipinski definition) is 0. The second kappa shape index (κ2) is 5.67. The Morgan fingerprint density at radius 3 is 2.65 bits per heavy atom. The molecule has 106 valence electrons. The summed E-state index contributed by atoms with van der Waals surface area (Å²) in [5.41, 5.74) is 1.87. The smallest absolute Gasteiger partial charge is 0.336 e. The number of carbonyl (C=O) groups is 2. The Bertz CT molecular complexity index is 595. The van der Waals surface area contributed by atoms with Gasteiger partial charge in [-0.15, -0.1) is 0 Å². The zero-order valence-corrected chi connectivity index (χ0v) is 12.4. The van der Waals surface area contributed by atoms with Crippen molar-refractivity contribution in [1.82, 2.24) is 4.90 Å². The zero-order chi connectivity index (χ0) is 14.9. The molecule has 2 rings (SSSR count). The minimum Gasteiger partial charge on any atom is -0.466 e. The average Bonchev–Trinajstić information content (AvgIpc) is 2.44. The lowest BCUT2D eigenvalue weighted by molar-refractivity contribution is -0.137. The molecule has 0 N–H and O–H groups in total. The third-order valence-corrected chi connectivity index (χ3v) is 4.02. The predicted octanol–water partition coefficient (Wildman–Crippen LogP) is 2.73. The Kier molecular flexibility index (Phi) is 4.14. The first-order chi connectivity index (χ1) is 9.47. The van der Waals surface area contributed by atoms with E-state index in [9.17, 15) is 9.59 Å². The largest absolute Gasteiger partial charge is 0.466 e. The number of ether oxygens (including phenoxy) is 1. The quantitative estimate of drug-likeness (QED) is 0.788. The lowest BCUT2D eigenvalue weighted by atomic mass is 9.84. The number of nitrogens with zero attached hydrogens (tertiary/aromatic N) is 1. The molecule has 1 heterocycles. The van der Waals surface area contributed by atoms with Crippen LogP contribution in [-0.2, 0) is 14.3 Å². The van der Waals surface area contributed by atoms with Gasteiger partial charge in [0.1, 0.15) is 0 Å². The minimum absolute atomic E-state index is 0.0416. The van der Waals surface area contributed by atoms with Crippen LogP contribution in [0.5, 0.6) is 0 Å². The number of hydrogen-bond acceptors (Lipinski definition) is 3.